The molecular weight excluding hydrogens is 264 g/mol. The van der Waals surface area contributed by atoms with Gasteiger partial charge in [-0.2, -0.15) is 0 Å². The first-order valence-electron chi connectivity index (χ1n) is 7.15. The fourth-order valence-electron chi connectivity index (χ4n) is 2.51. The molecule has 2 heterocycles. The molecule has 0 fully saturated rings. The second kappa shape index (κ2) is 5.37. The Balaban J connectivity index is 1.73. The fourth-order valence-corrected chi connectivity index (χ4v) is 2.51. The number of para-hydroxylation sites is 1. The van der Waals surface area contributed by atoms with E-state index in [2.05, 4.69) is 24.9 Å². The van der Waals surface area contributed by atoms with E-state index in [1.54, 1.807) is 6.20 Å². The zero-order chi connectivity index (χ0) is 14.9. The summed E-state index contributed by atoms with van der Waals surface area (Å²) in [6.45, 7) is 5.10. The van der Waals surface area contributed by atoms with Crippen LogP contribution in [0.4, 0.5) is 0 Å². The lowest BCUT2D eigenvalue weighted by Gasteiger charge is -2.18. The lowest BCUT2D eigenvalue weighted by Crippen LogP contribution is -2.24. The first-order chi connectivity index (χ1) is 10.1. The standard InChI is InChI=1S/C17H20N2O2/c1-17(2)8-13-4-3-5-15(16(13)21-17)20-11-14-7-6-12(9-18)10-19-14/h3-7,10H,8-9,11,18H2,1-2H3. The third kappa shape index (κ3) is 3.00. The minimum absolute atomic E-state index is 0.164. The maximum Gasteiger partial charge on any atom is 0.165 e. The Morgan fingerprint density at radius 2 is 2.14 bits per heavy atom. The Bertz CT molecular complexity index is 636. The molecule has 0 spiro atoms. The largest absolute Gasteiger partial charge is 0.483 e. The second-order valence-corrected chi connectivity index (χ2v) is 5.93. The molecule has 0 aliphatic carbocycles. The Morgan fingerprint density at radius 3 is 2.86 bits per heavy atom. The average molecular weight is 284 g/mol. The lowest BCUT2D eigenvalue weighted by molar-refractivity contribution is 0.131. The molecule has 4 heteroatoms. The maximum absolute atomic E-state index is 5.99. The summed E-state index contributed by atoms with van der Waals surface area (Å²) >= 11 is 0. The van der Waals surface area contributed by atoms with E-state index < -0.39 is 0 Å². The molecule has 2 aromatic rings. The Labute approximate surface area is 124 Å². The predicted molar refractivity (Wildman–Crippen MR) is 81.3 cm³/mol. The summed E-state index contributed by atoms with van der Waals surface area (Å²) in [6, 6.07) is 9.94. The molecule has 0 saturated carbocycles. The highest BCUT2D eigenvalue weighted by Gasteiger charge is 2.32. The summed E-state index contributed by atoms with van der Waals surface area (Å²) in [5, 5.41) is 0. The number of aromatic nitrogens is 1. The van der Waals surface area contributed by atoms with E-state index >= 15 is 0 Å². The van der Waals surface area contributed by atoms with Crippen molar-refractivity contribution >= 4 is 0 Å². The van der Waals surface area contributed by atoms with E-state index in [9.17, 15) is 0 Å². The highest BCUT2D eigenvalue weighted by atomic mass is 16.5. The van der Waals surface area contributed by atoms with Crippen molar-refractivity contribution in [1.82, 2.24) is 4.98 Å². The number of hydrogen-bond acceptors (Lipinski definition) is 4. The monoisotopic (exact) mass is 284 g/mol. The molecule has 1 aromatic heterocycles. The van der Waals surface area contributed by atoms with E-state index in [0.29, 0.717) is 13.2 Å². The van der Waals surface area contributed by atoms with E-state index in [0.717, 1.165) is 29.2 Å². The van der Waals surface area contributed by atoms with Crippen molar-refractivity contribution < 1.29 is 9.47 Å². The number of benzene rings is 1. The Morgan fingerprint density at radius 1 is 1.29 bits per heavy atom. The number of fused-ring (bicyclic) bond motifs is 1. The minimum Gasteiger partial charge on any atom is -0.483 e. The zero-order valence-electron chi connectivity index (χ0n) is 12.4. The van der Waals surface area contributed by atoms with Gasteiger partial charge in [0.05, 0.1) is 5.69 Å². The van der Waals surface area contributed by atoms with Crippen LogP contribution in [0.3, 0.4) is 0 Å². The van der Waals surface area contributed by atoms with Crippen molar-refractivity contribution in [3.05, 3.63) is 53.3 Å². The molecule has 21 heavy (non-hydrogen) atoms. The van der Waals surface area contributed by atoms with Crippen molar-refractivity contribution in [2.45, 2.75) is 39.0 Å². The zero-order valence-corrected chi connectivity index (χ0v) is 12.4. The van der Waals surface area contributed by atoms with Crippen molar-refractivity contribution in [1.29, 1.82) is 0 Å². The third-order valence-corrected chi connectivity index (χ3v) is 3.55. The number of ether oxygens (including phenoxy) is 2. The van der Waals surface area contributed by atoms with Crippen LogP contribution in [-0.4, -0.2) is 10.6 Å². The summed E-state index contributed by atoms with van der Waals surface area (Å²) in [5.74, 6) is 1.64. The van der Waals surface area contributed by atoms with E-state index in [1.165, 1.54) is 5.56 Å². The van der Waals surface area contributed by atoms with Gasteiger partial charge in [0.15, 0.2) is 11.5 Å². The normalized spacial score (nSPS) is 15.4. The first-order valence-corrected chi connectivity index (χ1v) is 7.15. The molecule has 1 aliphatic heterocycles. The van der Waals surface area contributed by atoms with Gasteiger partial charge in [0, 0.05) is 24.7 Å². The molecule has 1 aromatic carbocycles. The number of nitrogens with two attached hydrogens (primary N) is 1. The first kappa shape index (κ1) is 13.9. The van der Waals surface area contributed by atoms with E-state index in [-0.39, 0.29) is 5.60 Å². The number of rotatable bonds is 4. The molecule has 110 valence electrons. The smallest absolute Gasteiger partial charge is 0.165 e. The molecule has 0 radical (unpaired) electrons. The summed E-state index contributed by atoms with van der Waals surface area (Å²) in [7, 11) is 0. The van der Waals surface area contributed by atoms with Gasteiger partial charge in [-0.25, -0.2) is 0 Å². The van der Waals surface area contributed by atoms with Crippen LogP contribution < -0.4 is 15.2 Å². The number of pyridine rings is 1. The molecule has 0 atom stereocenters. The van der Waals surface area contributed by atoms with Crippen LogP contribution in [0.1, 0.15) is 30.7 Å². The van der Waals surface area contributed by atoms with Gasteiger partial charge in [0.2, 0.25) is 0 Å². The number of nitrogens with zero attached hydrogens (tertiary/aromatic N) is 1. The quantitative estimate of drug-likeness (QED) is 0.938. The van der Waals surface area contributed by atoms with Crippen molar-refractivity contribution in [3.8, 4) is 11.5 Å². The SMILES string of the molecule is CC1(C)Cc2cccc(OCc3ccc(CN)cn3)c2O1. The molecule has 0 saturated heterocycles. The van der Waals surface area contributed by atoms with Gasteiger partial charge in [0.1, 0.15) is 12.2 Å². The van der Waals surface area contributed by atoms with Crippen LogP contribution in [0.5, 0.6) is 11.5 Å². The molecule has 0 amide bonds. The van der Waals surface area contributed by atoms with Crippen LogP contribution in [0, 0.1) is 0 Å². The van der Waals surface area contributed by atoms with Crippen molar-refractivity contribution in [3.63, 3.8) is 0 Å². The topological polar surface area (TPSA) is 57.4 Å². The molecule has 3 rings (SSSR count). The van der Waals surface area contributed by atoms with Gasteiger partial charge < -0.3 is 15.2 Å². The second-order valence-electron chi connectivity index (χ2n) is 5.93. The average Bonchev–Trinajstić information content (AvgIpc) is 2.80. The van der Waals surface area contributed by atoms with Crippen LogP contribution in [-0.2, 0) is 19.6 Å². The van der Waals surface area contributed by atoms with Gasteiger partial charge in [0.25, 0.3) is 0 Å². The summed E-state index contributed by atoms with van der Waals surface area (Å²) < 4.78 is 11.9. The van der Waals surface area contributed by atoms with E-state index in [1.807, 2.05) is 24.3 Å². The molecular formula is C17H20N2O2. The summed E-state index contributed by atoms with van der Waals surface area (Å²) in [6.07, 6.45) is 2.69. The third-order valence-electron chi connectivity index (χ3n) is 3.55. The van der Waals surface area contributed by atoms with Gasteiger partial charge in [-0.15, -0.1) is 0 Å². The van der Waals surface area contributed by atoms with Crippen molar-refractivity contribution in [2.24, 2.45) is 5.73 Å². The van der Waals surface area contributed by atoms with E-state index in [4.69, 9.17) is 15.2 Å². The van der Waals surface area contributed by atoms with Crippen LogP contribution in [0.2, 0.25) is 0 Å². The highest BCUT2D eigenvalue weighted by molar-refractivity contribution is 5.50. The summed E-state index contributed by atoms with van der Waals surface area (Å²) in [4.78, 5) is 4.34. The highest BCUT2D eigenvalue weighted by Crippen LogP contribution is 2.41. The predicted octanol–water partition coefficient (Wildman–Crippen LogP) is 2.83. The van der Waals surface area contributed by atoms with Crippen molar-refractivity contribution in [2.75, 3.05) is 0 Å². The Kier molecular flexibility index (Phi) is 3.55. The fraction of sp³-hybridized carbons (Fsp3) is 0.353. The molecule has 2 N–H and O–H groups in total. The van der Waals surface area contributed by atoms with Gasteiger partial charge in [-0.05, 0) is 31.5 Å². The van der Waals surface area contributed by atoms with Gasteiger partial charge in [-0.1, -0.05) is 18.2 Å². The number of hydrogen-bond donors (Lipinski definition) is 1. The lowest BCUT2D eigenvalue weighted by atomic mass is 10.0. The minimum atomic E-state index is -0.164. The van der Waals surface area contributed by atoms with Crippen LogP contribution >= 0.6 is 0 Å². The Hall–Kier alpha value is -2.07. The van der Waals surface area contributed by atoms with Crippen LogP contribution in [0.15, 0.2) is 36.5 Å². The molecule has 4 nitrogen and oxygen atoms in total. The molecule has 1 aliphatic rings. The molecule has 0 unspecified atom stereocenters. The van der Waals surface area contributed by atoms with Gasteiger partial charge in [-0.3, -0.25) is 4.98 Å². The summed E-state index contributed by atoms with van der Waals surface area (Å²) in [5.41, 5.74) is 8.49. The molecule has 0 bridgehead atoms. The maximum atomic E-state index is 5.99. The van der Waals surface area contributed by atoms with Crippen LogP contribution in [0.25, 0.3) is 0 Å². The van der Waals surface area contributed by atoms with Gasteiger partial charge >= 0.3 is 0 Å².